The zero-order valence-corrected chi connectivity index (χ0v) is 24.0. The van der Waals surface area contributed by atoms with E-state index in [1.807, 2.05) is 18.9 Å². The summed E-state index contributed by atoms with van der Waals surface area (Å²) in [5.41, 5.74) is -1.66. The van der Waals surface area contributed by atoms with Gasteiger partial charge in [-0.25, -0.2) is 22.4 Å². The van der Waals surface area contributed by atoms with Crippen LogP contribution in [0.5, 0.6) is 0 Å². The highest BCUT2D eigenvalue weighted by Gasteiger charge is 2.48. The lowest BCUT2D eigenvalue weighted by Crippen LogP contribution is -2.50. The van der Waals surface area contributed by atoms with Crippen LogP contribution in [0.25, 0.3) is 5.57 Å². The molecule has 238 valence electrons. The number of hydrogen-bond acceptors (Lipinski definition) is 5. The van der Waals surface area contributed by atoms with E-state index < -0.39 is 65.8 Å². The number of anilines is 2. The largest absolute Gasteiger partial charge is 0.446 e. The molecular formula is C30H31F7N4O3. The van der Waals surface area contributed by atoms with Crippen LogP contribution in [0.15, 0.2) is 36.4 Å². The maximum atomic E-state index is 15.8. The number of likely N-dealkylation sites (N-methyl/N-ethyl adjacent to an activating group) is 1. The molecule has 1 atom stereocenters. The molecule has 2 aromatic rings. The number of amides is 2. The van der Waals surface area contributed by atoms with E-state index in [-0.39, 0.29) is 42.1 Å². The predicted molar refractivity (Wildman–Crippen MR) is 149 cm³/mol. The first-order valence-corrected chi connectivity index (χ1v) is 14.1. The Morgan fingerprint density at radius 3 is 2.43 bits per heavy atom. The van der Waals surface area contributed by atoms with Crippen LogP contribution in [0.4, 0.5) is 46.9 Å². The Morgan fingerprint density at radius 1 is 1.05 bits per heavy atom. The lowest BCUT2D eigenvalue weighted by atomic mass is 9.91. The third-order valence-corrected chi connectivity index (χ3v) is 8.24. The van der Waals surface area contributed by atoms with Crippen LogP contribution in [-0.4, -0.2) is 79.6 Å². The summed E-state index contributed by atoms with van der Waals surface area (Å²) < 4.78 is 102. The highest BCUT2D eigenvalue weighted by Crippen LogP contribution is 2.40. The molecule has 7 nitrogen and oxygen atoms in total. The number of piperazine rings is 1. The van der Waals surface area contributed by atoms with Crippen molar-refractivity contribution in [1.29, 1.82) is 0 Å². The van der Waals surface area contributed by atoms with Crippen molar-refractivity contribution in [3.8, 4) is 0 Å². The zero-order chi connectivity index (χ0) is 32.0. The molecule has 3 aliphatic rings. The topological polar surface area (TPSA) is 65.1 Å². The second kappa shape index (κ2) is 11.9. The van der Waals surface area contributed by atoms with Crippen molar-refractivity contribution in [3.05, 3.63) is 64.7 Å². The smallest absolute Gasteiger partial charge is 0.417 e. The van der Waals surface area contributed by atoms with Crippen molar-refractivity contribution in [2.24, 2.45) is 0 Å². The Morgan fingerprint density at radius 2 is 1.77 bits per heavy atom. The number of carbonyl (C=O) groups is 2. The van der Waals surface area contributed by atoms with Crippen LogP contribution in [0.2, 0.25) is 0 Å². The highest BCUT2D eigenvalue weighted by molar-refractivity contribution is 6.07. The summed E-state index contributed by atoms with van der Waals surface area (Å²) >= 11 is 0. The molecule has 2 heterocycles. The van der Waals surface area contributed by atoms with Crippen LogP contribution in [0, 0.1) is 11.6 Å². The molecule has 1 saturated carbocycles. The average molecular weight is 629 g/mol. The first-order valence-electron chi connectivity index (χ1n) is 14.1. The first-order chi connectivity index (χ1) is 20.6. The number of benzene rings is 2. The van der Waals surface area contributed by atoms with E-state index in [9.17, 15) is 35.9 Å². The van der Waals surface area contributed by atoms with Crippen LogP contribution < -0.4 is 10.2 Å². The van der Waals surface area contributed by atoms with E-state index in [4.69, 9.17) is 4.74 Å². The summed E-state index contributed by atoms with van der Waals surface area (Å²) in [6.45, 7) is 3.52. The van der Waals surface area contributed by atoms with Crippen molar-refractivity contribution in [3.63, 3.8) is 0 Å². The first kappa shape index (κ1) is 31.6. The van der Waals surface area contributed by atoms with Gasteiger partial charge in [-0.3, -0.25) is 4.79 Å². The molecule has 2 fully saturated rings. The third-order valence-electron chi connectivity index (χ3n) is 8.24. The molecule has 0 spiro atoms. The fraction of sp³-hybridized carbons (Fsp3) is 0.467. The minimum atomic E-state index is -5.02. The van der Waals surface area contributed by atoms with E-state index in [1.54, 1.807) is 6.08 Å². The molecule has 1 N–H and O–H groups in total. The van der Waals surface area contributed by atoms with Gasteiger partial charge in [-0.2, -0.15) is 13.2 Å². The fourth-order valence-electron chi connectivity index (χ4n) is 5.58. The van der Waals surface area contributed by atoms with Crippen LogP contribution >= 0.6 is 0 Å². The van der Waals surface area contributed by atoms with E-state index in [1.165, 1.54) is 17.0 Å². The SMILES string of the molecule is C[C@@H]1CN(c2cc(F)c(C3=CCCN(C(=O)OC4CC(F)(F)C4)C3)cc2NC(=O)c2ccc(F)cc2C(F)(F)F)CCN1C. The Bertz CT molecular complexity index is 1470. The van der Waals surface area contributed by atoms with Gasteiger partial charge >= 0.3 is 12.3 Å². The number of ether oxygens (including phenoxy) is 1. The number of rotatable bonds is 5. The quantitative estimate of drug-likeness (QED) is 0.389. The number of hydrogen-bond donors (Lipinski definition) is 1. The molecule has 2 aliphatic heterocycles. The molecule has 1 saturated heterocycles. The van der Waals surface area contributed by atoms with Gasteiger partial charge in [-0.1, -0.05) is 6.08 Å². The van der Waals surface area contributed by atoms with E-state index in [2.05, 4.69) is 10.2 Å². The van der Waals surface area contributed by atoms with Gasteiger partial charge in [0.05, 0.1) is 22.5 Å². The molecule has 2 aromatic carbocycles. The predicted octanol–water partition coefficient (Wildman–Crippen LogP) is 6.40. The Balaban J connectivity index is 1.45. The summed E-state index contributed by atoms with van der Waals surface area (Å²) in [6.07, 6.45) is -5.89. The maximum absolute atomic E-state index is 15.8. The summed E-state index contributed by atoms with van der Waals surface area (Å²) in [6, 6.07) is 4.25. The lowest BCUT2D eigenvalue weighted by molar-refractivity contribution is -0.147. The van der Waals surface area contributed by atoms with Crippen LogP contribution in [0.3, 0.4) is 0 Å². The number of nitrogens with one attached hydrogen (secondary N) is 1. The minimum Gasteiger partial charge on any atom is -0.446 e. The summed E-state index contributed by atoms with van der Waals surface area (Å²) in [5, 5.41) is 2.48. The second-order valence-corrected chi connectivity index (χ2v) is 11.5. The van der Waals surface area contributed by atoms with Gasteiger partial charge in [-0.05, 0) is 56.3 Å². The summed E-state index contributed by atoms with van der Waals surface area (Å²) in [5.74, 6) is -5.90. The van der Waals surface area contributed by atoms with Gasteiger partial charge in [0.25, 0.3) is 11.8 Å². The molecule has 5 rings (SSSR count). The molecule has 14 heteroatoms. The van der Waals surface area contributed by atoms with Crippen molar-refractivity contribution in [1.82, 2.24) is 9.80 Å². The molecular weight excluding hydrogens is 597 g/mol. The fourth-order valence-corrected chi connectivity index (χ4v) is 5.58. The second-order valence-electron chi connectivity index (χ2n) is 11.5. The van der Waals surface area contributed by atoms with Crippen LogP contribution in [0.1, 0.15) is 47.7 Å². The van der Waals surface area contributed by atoms with Gasteiger partial charge in [0.1, 0.15) is 17.7 Å². The van der Waals surface area contributed by atoms with Crippen molar-refractivity contribution in [2.75, 3.05) is 50.0 Å². The van der Waals surface area contributed by atoms with Gasteiger partial charge < -0.3 is 24.8 Å². The zero-order valence-electron chi connectivity index (χ0n) is 24.0. The van der Waals surface area contributed by atoms with Gasteiger partial charge in [0.15, 0.2) is 0 Å². The van der Waals surface area contributed by atoms with Gasteiger partial charge in [-0.15, -0.1) is 0 Å². The molecule has 44 heavy (non-hydrogen) atoms. The summed E-state index contributed by atoms with van der Waals surface area (Å²) in [7, 11) is 1.92. The van der Waals surface area contributed by atoms with E-state index >= 15 is 4.39 Å². The number of carbonyl (C=O) groups excluding carboxylic acids is 2. The van der Waals surface area contributed by atoms with Crippen molar-refractivity contribution in [2.45, 2.75) is 50.4 Å². The minimum absolute atomic E-state index is 0.00551. The van der Waals surface area contributed by atoms with Gasteiger partial charge in [0, 0.05) is 57.2 Å². The number of alkyl halides is 5. The number of halogens is 7. The Hall–Kier alpha value is -3.81. The summed E-state index contributed by atoms with van der Waals surface area (Å²) in [4.78, 5) is 31.1. The molecule has 0 unspecified atom stereocenters. The maximum Gasteiger partial charge on any atom is 0.417 e. The Labute approximate surface area is 249 Å². The molecule has 0 aromatic heterocycles. The van der Waals surface area contributed by atoms with E-state index in [0.29, 0.717) is 31.6 Å². The third kappa shape index (κ3) is 6.79. The molecule has 1 aliphatic carbocycles. The molecule has 0 bridgehead atoms. The van der Waals surface area contributed by atoms with E-state index in [0.717, 1.165) is 12.1 Å². The van der Waals surface area contributed by atoms with Crippen molar-refractivity contribution < 1.29 is 45.1 Å². The normalized spacial score (nSPS) is 21.0. The standard InChI is InChI=1S/C30H31F7N4O3/c1-17-15-40(9-8-39(17)2)26-12-24(32)22(18-4-3-7-41(16-18)28(43)44-20-13-29(33,34)14-20)11-25(26)38-27(42)21-6-5-19(31)10-23(21)30(35,36)37/h4-6,10-12,17,20H,3,7-9,13-16H2,1-2H3,(H,38,42)/t17-/m1/s1. The molecule has 0 radical (unpaired) electrons. The average Bonchev–Trinajstić information content (AvgIpc) is 2.93. The molecule has 2 amide bonds. The number of nitrogens with zero attached hydrogens (tertiary/aromatic N) is 3. The van der Waals surface area contributed by atoms with Crippen LogP contribution in [-0.2, 0) is 10.9 Å². The lowest BCUT2D eigenvalue weighted by Gasteiger charge is -2.40. The van der Waals surface area contributed by atoms with Crippen molar-refractivity contribution >= 4 is 28.9 Å². The highest BCUT2D eigenvalue weighted by atomic mass is 19.4. The Kier molecular flexibility index (Phi) is 8.58. The van der Waals surface area contributed by atoms with Gasteiger partial charge in [0.2, 0.25) is 0 Å². The monoisotopic (exact) mass is 628 g/mol.